The van der Waals surface area contributed by atoms with E-state index in [1.807, 2.05) is 12.1 Å². The Hall–Kier alpha value is -1.53. The summed E-state index contributed by atoms with van der Waals surface area (Å²) in [6, 6.07) is 5.25. The third-order valence-corrected chi connectivity index (χ3v) is 2.90. The number of nitrogens with one attached hydrogen (secondary N) is 2. The Bertz CT molecular complexity index is 479. The quantitative estimate of drug-likeness (QED) is 0.571. The van der Waals surface area contributed by atoms with Gasteiger partial charge in [-0.3, -0.25) is 0 Å². The van der Waals surface area contributed by atoms with Crippen LogP contribution in [-0.2, 0) is 0 Å². The van der Waals surface area contributed by atoms with E-state index in [0.717, 1.165) is 5.69 Å². The van der Waals surface area contributed by atoms with Gasteiger partial charge in [-0.25, -0.2) is 4.79 Å². The molecule has 1 aromatic carbocycles. The van der Waals surface area contributed by atoms with Gasteiger partial charge in [0, 0.05) is 32.9 Å². The summed E-state index contributed by atoms with van der Waals surface area (Å²) in [5.41, 5.74) is 7.02. The van der Waals surface area contributed by atoms with Gasteiger partial charge >= 0.3 is 6.03 Å². The van der Waals surface area contributed by atoms with Crippen molar-refractivity contribution in [1.29, 1.82) is 0 Å². The molecule has 4 N–H and O–H groups in total. The van der Waals surface area contributed by atoms with Gasteiger partial charge in [-0.05, 0) is 12.1 Å². The van der Waals surface area contributed by atoms with Crippen LogP contribution in [0.5, 0.6) is 0 Å². The molecule has 0 saturated heterocycles. The predicted octanol–water partition coefficient (Wildman–Crippen LogP) is 1.66. The van der Waals surface area contributed by atoms with Gasteiger partial charge in [0.05, 0.1) is 10.6 Å². The molecule has 1 rings (SSSR count). The Balaban J connectivity index is 2.57. The number of rotatable bonds is 5. The molecule has 1 aromatic rings. The van der Waals surface area contributed by atoms with Crippen molar-refractivity contribution in [3.05, 3.63) is 28.8 Å². The monoisotopic (exact) mass is 300 g/mol. The van der Waals surface area contributed by atoms with E-state index in [1.54, 1.807) is 20.2 Å². The number of thiocarbonyl (C=S) groups is 1. The Morgan fingerprint density at radius 2 is 2.11 bits per heavy atom. The summed E-state index contributed by atoms with van der Waals surface area (Å²) in [5, 5.41) is 6.40. The summed E-state index contributed by atoms with van der Waals surface area (Å²) in [4.78, 5) is 13.0. The summed E-state index contributed by atoms with van der Waals surface area (Å²) >= 11 is 11.0. The lowest BCUT2D eigenvalue weighted by molar-refractivity contribution is 0.218. The zero-order chi connectivity index (χ0) is 14.4. The Morgan fingerprint density at radius 3 is 2.68 bits per heavy atom. The standard InChI is InChI=1S/C12H17ClN4OS/c1-17(2)12(18)16-7-6-15-9-5-3-4-8(13)10(9)11(14)19/h3-5,15H,6-7H2,1-2H3,(H2,14,19)(H,16,18). The Morgan fingerprint density at radius 1 is 1.42 bits per heavy atom. The molecule has 104 valence electrons. The molecule has 0 unspecified atom stereocenters. The zero-order valence-corrected chi connectivity index (χ0v) is 12.4. The number of carbonyl (C=O) groups is 1. The van der Waals surface area contributed by atoms with Crippen LogP contribution in [0.25, 0.3) is 0 Å². The molecule has 0 saturated carbocycles. The highest BCUT2D eigenvalue weighted by atomic mass is 35.5. The van der Waals surface area contributed by atoms with E-state index < -0.39 is 0 Å². The zero-order valence-electron chi connectivity index (χ0n) is 10.9. The SMILES string of the molecule is CN(C)C(=O)NCCNc1cccc(Cl)c1C(N)=S. The van der Waals surface area contributed by atoms with Gasteiger partial charge in [0.2, 0.25) is 0 Å². The van der Waals surface area contributed by atoms with E-state index in [-0.39, 0.29) is 11.0 Å². The summed E-state index contributed by atoms with van der Waals surface area (Å²) in [6.45, 7) is 1.04. The molecule has 0 heterocycles. The maximum absolute atomic E-state index is 11.3. The van der Waals surface area contributed by atoms with Crippen LogP contribution in [0.1, 0.15) is 5.56 Å². The van der Waals surface area contributed by atoms with Gasteiger partial charge in [0.15, 0.2) is 0 Å². The van der Waals surface area contributed by atoms with Crippen LogP contribution < -0.4 is 16.4 Å². The number of hydrogen-bond acceptors (Lipinski definition) is 3. The lowest BCUT2D eigenvalue weighted by atomic mass is 10.1. The summed E-state index contributed by atoms with van der Waals surface area (Å²) in [7, 11) is 3.37. The number of nitrogens with two attached hydrogens (primary N) is 1. The van der Waals surface area contributed by atoms with Crippen LogP contribution in [0.4, 0.5) is 10.5 Å². The molecule has 0 spiro atoms. The van der Waals surface area contributed by atoms with E-state index in [0.29, 0.717) is 23.7 Å². The van der Waals surface area contributed by atoms with Crippen molar-refractivity contribution >= 4 is 40.5 Å². The van der Waals surface area contributed by atoms with Crippen molar-refractivity contribution in [2.45, 2.75) is 0 Å². The van der Waals surface area contributed by atoms with Gasteiger partial charge in [0.25, 0.3) is 0 Å². The smallest absolute Gasteiger partial charge is 0.316 e. The fraction of sp³-hybridized carbons (Fsp3) is 0.333. The third-order valence-electron chi connectivity index (χ3n) is 2.38. The summed E-state index contributed by atoms with van der Waals surface area (Å²) in [6.07, 6.45) is 0. The molecule has 0 atom stereocenters. The molecule has 2 amide bonds. The molecule has 0 radical (unpaired) electrons. The summed E-state index contributed by atoms with van der Waals surface area (Å²) < 4.78 is 0. The van der Waals surface area contributed by atoms with Crippen LogP contribution in [-0.4, -0.2) is 43.1 Å². The van der Waals surface area contributed by atoms with Crippen molar-refractivity contribution in [1.82, 2.24) is 10.2 Å². The minimum absolute atomic E-state index is 0.137. The van der Waals surface area contributed by atoms with Gasteiger partial charge in [-0.2, -0.15) is 0 Å². The molecular weight excluding hydrogens is 284 g/mol. The molecule has 0 aliphatic carbocycles. The van der Waals surface area contributed by atoms with Crippen LogP contribution >= 0.6 is 23.8 Å². The summed E-state index contributed by atoms with van der Waals surface area (Å²) in [5.74, 6) is 0. The fourth-order valence-electron chi connectivity index (χ4n) is 1.45. The normalized spacial score (nSPS) is 9.84. The van der Waals surface area contributed by atoms with Crippen molar-refractivity contribution in [3.8, 4) is 0 Å². The number of hydrogen-bond donors (Lipinski definition) is 3. The van der Waals surface area contributed by atoms with Gasteiger partial charge in [-0.1, -0.05) is 29.9 Å². The number of amides is 2. The highest BCUT2D eigenvalue weighted by molar-refractivity contribution is 7.80. The number of nitrogens with zero attached hydrogens (tertiary/aromatic N) is 1. The van der Waals surface area contributed by atoms with E-state index in [4.69, 9.17) is 29.6 Å². The lowest BCUT2D eigenvalue weighted by Crippen LogP contribution is -2.37. The van der Waals surface area contributed by atoms with Crippen molar-refractivity contribution in [2.24, 2.45) is 5.73 Å². The second kappa shape index (κ2) is 7.16. The van der Waals surface area contributed by atoms with Crippen LogP contribution in [0.2, 0.25) is 5.02 Å². The number of carbonyl (C=O) groups excluding carboxylic acids is 1. The molecule has 0 aromatic heterocycles. The van der Waals surface area contributed by atoms with Crippen LogP contribution in [0, 0.1) is 0 Å². The Labute approximate surface area is 123 Å². The number of urea groups is 1. The maximum atomic E-state index is 11.3. The fourth-order valence-corrected chi connectivity index (χ4v) is 2.00. The average molecular weight is 301 g/mol. The second-order valence-corrected chi connectivity index (χ2v) is 4.93. The van der Waals surface area contributed by atoms with Crippen LogP contribution in [0.15, 0.2) is 18.2 Å². The van der Waals surface area contributed by atoms with E-state index >= 15 is 0 Å². The van der Waals surface area contributed by atoms with Crippen LogP contribution in [0.3, 0.4) is 0 Å². The first-order valence-corrected chi connectivity index (χ1v) is 6.49. The molecule has 0 aliphatic rings. The molecular formula is C12H17ClN4OS. The molecule has 0 fully saturated rings. The molecule has 0 bridgehead atoms. The molecule has 5 nitrogen and oxygen atoms in total. The van der Waals surface area contributed by atoms with Crippen molar-refractivity contribution in [3.63, 3.8) is 0 Å². The van der Waals surface area contributed by atoms with E-state index in [2.05, 4.69) is 10.6 Å². The van der Waals surface area contributed by atoms with Crippen molar-refractivity contribution < 1.29 is 4.79 Å². The number of halogens is 1. The first kappa shape index (κ1) is 15.5. The average Bonchev–Trinajstić information content (AvgIpc) is 2.33. The lowest BCUT2D eigenvalue weighted by Gasteiger charge is -2.14. The van der Waals surface area contributed by atoms with Gasteiger partial charge in [0.1, 0.15) is 4.99 Å². The molecule has 7 heteroatoms. The first-order valence-electron chi connectivity index (χ1n) is 5.71. The highest BCUT2D eigenvalue weighted by Gasteiger charge is 2.09. The second-order valence-electron chi connectivity index (χ2n) is 4.08. The largest absolute Gasteiger partial charge is 0.389 e. The van der Waals surface area contributed by atoms with Crippen molar-refractivity contribution in [2.75, 3.05) is 32.5 Å². The number of anilines is 1. The molecule has 0 aliphatic heterocycles. The topological polar surface area (TPSA) is 70.4 Å². The van der Waals surface area contributed by atoms with E-state index in [9.17, 15) is 4.79 Å². The minimum atomic E-state index is -0.137. The highest BCUT2D eigenvalue weighted by Crippen LogP contribution is 2.23. The van der Waals surface area contributed by atoms with Gasteiger partial charge < -0.3 is 21.3 Å². The van der Waals surface area contributed by atoms with Gasteiger partial charge in [-0.15, -0.1) is 0 Å². The Kier molecular flexibility index (Phi) is 5.85. The third kappa shape index (κ3) is 4.57. The predicted molar refractivity (Wildman–Crippen MR) is 82.9 cm³/mol. The molecule has 19 heavy (non-hydrogen) atoms. The minimum Gasteiger partial charge on any atom is -0.389 e. The maximum Gasteiger partial charge on any atom is 0.316 e. The number of benzene rings is 1. The van der Waals surface area contributed by atoms with E-state index in [1.165, 1.54) is 4.90 Å². The first-order chi connectivity index (χ1) is 8.93.